The van der Waals surface area contributed by atoms with Crippen LogP contribution >= 0.6 is 11.3 Å². The number of carbonyl (C=O) groups is 3. The summed E-state index contributed by atoms with van der Waals surface area (Å²) < 4.78 is 0. The summed E-state index contributed by atoms with van der Waals surface area (Å²) in [6.45, 7) is 5.52. The van der Waals surface area contributed by atoms with E-state index in [0.29, 0.717) is 4.88 Å². The molecule has 0 atom stereocenters. The van der Waals surface area contributed by atoms with Gasteiger partial charge in [0.15, 0.2) is 0 Å². The second-order valence-electron chi connectivity index (χ2n) is 5.76. The first-order valence-corrected chi connectivity index (χ1v) is 8.71. The minimum atomic E-state index is -0.419. The molecule has 2 rings (SSSR count). The number of benzene rings is 1. The van der Waals surface area contributed by atoms with Crippen LogP contribution < -0.4 is 16.0 Å². The molecule has 1 heterocycles. The number of carbonyl (C=O) groups excluding carboxylic acids is 3. The highest BCUT2D eigenvalue weighted by atomic mass is 32.1. The van der Waals surface area contributed by atoms with Gasteiger partial charge >= 0.3 is 0 Å². The summed E-state index contributed by atoms with van der Waals surface area (Å²) in [5.74, 6) is -1.04. The quantitative estimate of drug-likeness (QED) is 0.739. The topological polar surface area (TPSA) is 87.3 Å². The number of aryl methyl sites for hydroxylation is 3. The van der Waals surface area contributed by atoms with Gasteiger partial charge in [0.25, 0.3) is 5.91 Å². The summed E-state index contributed by atoms with van der Waals surface area (Å²) in [5, 5.41) is 9.60. The van der Waals surface area contributed by atoms with Crippen LogP contribution in [0, 0.1) is 20.8 Å². The van der Waals surface area contributed by atoms with Gasteiger partial charge in [-0.25, -0.2) is 0 Å². The number of anilines is 1. The van der Waals surface area contributed by atoms with Crippen LogP contribution in [0.1, 0.15) is 26.4 Å². The maximum absolute atomic E-state index is 12.0. The van der Waals surface area contributed by atoms with Crippen LogP contribution in [0.3, 0.4) is 0 Å². The largest absolute Gasteiger partial charge is 0.345 e. The van der Waals surface area contributed by atoms with Gasteiger partial charge in [0.1, 0.15) is 0 Å². The van der Waals surface area contributed by atoms with E-state index in [1.165, 1.54) is 11.3 Å². The van der Waals surface area contributed by atoms with Crippen molar-refractivity contribution in [3.63, 3.8) is 0 Å². The van der Waals surface area contributed by atoms with Crippen LogP contribution in [-0.4, -0.2) is 30.8 Å². The van der Waals surface area contributed by atoms with Gasteiger partial charge in [-0.2, -0.15) is 0 Å². The van der Waals surface area contributed by atoms with E-state index in [0.717, 1.165) is 22.4 Å². The Labute approximate surface area is 150 Å². The molecule has 0 bridgehead atoms. The molecule has 132 valence electrons. The molecular formula is C18H21N3O3S. The highest BCUT2D eigenvalue weighted by molar-refractivity contribution is 7.12. The predicted molar refractivity (Wildman–Crippen MR) is 98.9 cm³/mol. The molecule has 0 unspecified atom stereocenters. The molecule has 3 N–H and O–H groups in total. The lowest BCUT2D eigenvalue weighted by Crippen LogP contribution is -2.40. The zero-order valence-corrected chi connectivity index (χ0v) is 15.3. The molecular weight excluding hydrogens is 338 g/mol. The molecule has 0 aliphatic rings. The molecule has 0 fully saturated rings. The number of hydrogen-bond acceptors (Lipinski definition) is 4. The third-order valence-electron chi connectivity index (χ3n) is 3.54. The van der Waals surface area contributed by atoms with Gasteiger partial charge in [0, 0.05) is 5.69 Å². The molecule has 2 aromatic rings. The van der Waals surface area contributed by atoms with Crippen molar-refractivity contribution < 1.29 is 14.4 Å². The second-order valence-corrected chi connectivity index (χ2v) is 6.71. The zero-order chi connectivity index (χ0) is 18.4. The Morgan fingerprint density at radius 3 is 2.20 bits per heavy atom. The SMILES string of the molecule is Cc1cc(C)c(NC(=O)CNC(=O)CNC(=O)c2cccs2)c(C)c1. The standard InChI is InChI=1S/C18H21N3O3S/c1-11-7-12(2)17(13(3)8-11)21-16(23)10-19-15(22)9-20-18(24)14-5-4-6-25-14/h4-8H,9-10H2,1-3H3,(H,19,22)(H,20,24)(H,21,23). The lowest BCUT2D eigenvalue weighted by atomic mass is 10.1. The molecule has 0 aliphatic heterocycles. The van der Waals surface area contributed by atoms with Gasteiger partial charge in [0.2, 0.25) is 11.8 Å². The van der Waals surface area contributed by atoms with Crippen molar-refractivity contribution in [3.8, 4) is 0 Å². The zero-order valence-electron chi connectivity index (χ0n) is 14.4. The van der Waals surface area contributed by atoms with E-state index in [9.17, 15) is 14.4 Å². The Morgan fingerprint density at radius 2 is 1.60 bits per heavy atom. The molecule has 0 radical (unpaired) electrons. The second kappa shape index (κ2) is 8.43. The van der Waals surface area contributed by atoms with Gasteiger partial charge in [0.05, 0.1) is 18.0 Å². The van der Waals surface area contributed by atoms with Crippen LogP contribution in [0.15, 0.2) is 29.6 Å². The van der Waals surface area contributed by atoms with E-state index in [-0.39, 0.29) is 24.9 Å². The first kappa shape index (κ1) is 18.7. The van der Waals surface area contributed by atoms with Crippen molar-refractivity contribution in [1.29, 1.82) is 0 Å². The fourth-order valence-corrected chi connectivity index (χ4v) is 3.10. The van der Waals surface area contributed by atoms with E-state index >= 15 is 0 Å². The van der Waals surface area contributed by atoms with E-state index < -0.39 is 5.91 Å². The maximum atomic E-state index is 12.0. The molecule has 1 aromatic carbocycles. The van der Waals surface area contributed by atoms with E-state index in [1.807, 2.05) is 32.9 Å². The highest BCUT2D eigenvalue weighted by Crippen LogP contribution is 2.21. The fourth-order valence-electron chi connectivity index (χ4n) is 2.46. The third kappa shape index (κ3) is 5.42. The first-order valence-electron chi connectivity index (χ1n) is 7.83. The minimum absolute atomic E-state index is 0.152. The highest BCUT2D eigenvalue weighted by Gasteiger charge is 2.11. The Bertz CT molecular complexity index is 762. The average Bonchev–Trinajstić information content (AvgIpc) is 3.08. The predicted octanol–water partition coefficient (Wildman–Crippen LogP) is 2.16. The molecule has 3 amide bonds. The summed E-state index contributed by atoms with van der Waals surface area (Å²) in [7, 11) is 0. The number of nitrogens with one attached hydrogen (secondary N) is 3. The average molecular weight is 359 g/mol. The van der Waals surface area contributed by atoms with Crippen molar-refractivity contribution in [1.82, 2.24) is 10.6 Å². The summed E-state index contributed by atoms with van der Waals surface area (Å²) in [6, 6.07) is 7.42. The smallest absolute Gasteiger partial charge is 0.261 e. The van der Waals surface area contributed by atoms with Crippen molar-refractivity contribution >= 4 is 34.7 Å². The summed E-state index contributed by atoms with van der Waals surface area (Å²) in [5.41, 5.74) is 3.83. The van der Waals surface area contributed by atoms with Gasteiger partial charge in [-0.15, -0.1) is 11.3 Å². The Kier molecular flexibility index (Phi) is 6.30. The maximum Gasteiger partial charge on any atom is 0.261 e. The monoisotopic (exact) mass is 359 g/mol. The van der Waals surface area contributed by atoms with Crippen LogP contribution in [0.25, 0.3) is 0 Å². The van der Waals surface area contributed by atoms with Crippen molar-refractivity contribution in [2.24, 2.45) is 0 Å². The Morgan fingerprint density at radius 1 is 0.960 bits per heavy atom. The Hall–Kier alpha value is -2.67. The lowest BCUT2D eigenvalue weighted by molar-refractivity contribution is -0.123. The van der Waals surface area contributed by atoms with Crippen molar-refractivity contribution in [2.45, 2.75) is 20.8 Å². The third-order valence-corrected chi connectivity index (χ3v) is 4.41. The van der Waals surface area contributed by atoms with Gasteiger partial charge in [-0.1, -0.05) is 23.8 Å². The first-order chi connectivity index (χ1) is 11.9. The minimum Gasteiger partial charge on any atom is -0.345 e. The number of amides is 3. The molecule has 6 nitrogen and oxygen atoms in total. The molecule has 1 aromatic heterocycles. The van der Waals surface area contributed by atoms with E-state index in [4.69, 9.17) is 0 Å². The number of rotatable bonds is 6. The van der Waals surface area contributed by atoms with Gasteiger partial charge in [-0.3, -0.25) is 14.4 Å². The molecule has 0 saturated heterocycles. The van der Waals surface area contributed by atoms with Crippen LogP contribution in [0.4, 0.5) is 5.69 Å². The summed E-state index contributed by atoms with van der Waals surface area (Å²) in [6.07, 6.45) is 0. The number of thiophene rings is 1. The Balaban J connectivity index is 1.78. The summed E-state index contributed by atoms with van der Waals surface area (Å²) >= 11 is 1.30. The molecule has 25 heavy (non-hydrogen) atoms. The van der Waals surface area contributed by atoms with Crippen molar-refractivity contribution in [3.05, 3.63) is 51.2 Å². The van der Waals surface area contributed by atoms with Crippen LogP contribution in [0.5, 0.6) is 0 Å². The van der Waals surface area contributed by atoms with Gasteiger partial charge < -0.3 is 16.0 Å². The molecule has 0 saturated carbocycles. The molecule has 0 spiro atoms. The van der Waals surface area contributed by atoms with E-state index in [1.54, 1.807) is 17.5 Å². The van der Waals surface area contributed by atoms with Crippen LogP contribution in [0.2, 0.25) is 0 Å². The lowest BCUT2D eigenvalue weighted by Gasteiger charge is -2.13. The fraction of sp³-hybridized carbons (Fsp3) is 0.278. The number of hydrogen-bond donors (Lipinski definition) is 3. The van der Waals surface area contributed by atoms with E-state index in [2.05, 4.69) is 16.0 Å². The normalized spacial score (nSPS) is 10.2. The van der Waals surface area contributed by atoms with Crippen LogP contribution in [-0.2, 0) is 9.59 Å². The molecule has 0 aliphatic carbocycles. The van der Waals surface area contributed by atoms with Gasteiger partial charge in [-0.05, 0) is 43.3 Å². The summed E-state index contributed by atoms with van der Waals surface area (Å²) in [4.78, 5) is 36.0. The van der Waals surface area contributed by atoms with Crippen molar-refractivity contribution in [2.75, 3.05) is 18.4 Å². The molecule has 7 heteroatoms.